The Morgan fingerprint density at radius 2 is 1.96 bits per heavy atom. The molecule has 2 fully saturated rings. The lowest BCUT2D eigenvalue weighted by molar-refractivity contribution is -0.130. The highest BCUT2D eigenvalue weighted by atomic mass is 16.2. The van der Waals surface area contributed by atoms with Crippen molar-refractivity contribution in [2.75, 3.05) is 13.6 Å². The molecular weight excluding hydrogens is 300 g/mol. The number of carbonyl (C=O) groups is 1. The Morgan fingerprint density at radius 3 is 2.58 bits per heavy atom. The molecule has 1 amide bonds. The third-order valence-electron chi connectivity index (χ3n) is 5.37. The molecule has 1 aliphatic carbocycles. The van der Waals surface area contributed by atoms with Crippen LogP contribution < -0.4 is 10.6 Å². The molecule has 0 spiro atoms. The van der Waals surface area contributed by atoms with Crippen LogP contribution in [-0.4, -0.2) is 35.9 Å². The molecule has 0 radical (unpaired) electrons. The fraction of sp³-hybridized carbons (Fsp3) is 0.579. The van der Waals surface area contributed by atoms with Crippen molar-refractivity contribution < 1.29 is 4.79 Å². The van der Waals surface area contributed by atoms with Crippen molar-refractivity contribution in [3.8, 4) is 0 Å². The minimum Gasteiger partial charge on any atom is -0.341 e. The molecule has 1 saturated carbocycles. The molecule has 0 bridgehead atoms. The fourth-order valence-corrected chi connectivity index (χ4v) is 4.02. The van der Waals surface area contributed by atoms with Crippen LogP contribution in [0.15, 0.2) is 30.3 Å². The molecule has 3 N–H and O–H groups in total. The van der Waals surface area contributed by atoms with Gasteiger partial charge in [0.1, 0.15) is 5.54 Å². The summed E-state index contributed by atoms with van der Waals surface area (Å²) in [7, 11) is 1.69. The normalized spacial score (nSPS) is 25.1. The summed E-state index contributed by atoms with van der Waals surface area (Å²) >= 11 is 0. The SMILES string of the molecule is CN1C(=N)NC(CNCc2ccccc2)(CC2CCCCC2)C1=O. The van der Waals surface area contributed by atoms with E-state index >= 15 is 0 Å². The van der Waals surface area contributed by atoms with Gasteiger partial charge in [0.25, 0.3) is 5.91 Å². The first kappa shape index (κ1) is 17.0. The highest BCUT2D eigenvalue weighted by molar-refractivity contribution is 6.07. The van der Waals surface area contributed by atoms with Crippen molar-refractivity contribution in [3.63, 3.8) is 0 Å². The first-order chi connectivity index (χ1) is 11.6. The van der Waals surface area contributed by atoms with Gasteiger partial charge < -0.3 is 10.6 Å². The summed E-state index contributed by atoms with van der Waals surface area (Å²) in [6, 6.07) is 10.2. The third-order valence-corrected chi connectivity index (χ3v) is 5.37. The van der Waals surface area contributed by atoms with E-state index in [9.17, 15) is 4.79 Å². The number of guanidine groups is 1. The summed E-state index contributed by atoms with van der Waals surface area (Å²) in [5, 5.41) is 14.7. The van der Waals surface area contributed by atoms with Gasteiger partial charge in [-0.05, 0) is 17.9 Å². The maximum Gasteiger partial charge on any atom is 0.256 e. The largest absolute Gasteiger partial charge is 0.341 e. The van der Waals surface area contributed by atoms with Crippen LogP contribution in [0.5, 0.6) is 0 Å². The van der Waals surface area contributed by atoms with Gasteiger partial charge in [0.05, 0.1) is 0 Å². The zero-order valence-electron chi connectivity index (χ0n) is 14.5. The highest BCUT2D eigenvalue weighted by Gasteiger charge is 2.48. The van der Waals surface area contributed by atoms with Gasteiger partial charge in [-0.1, -0.05) is 62.4 Å². The summed E-state index contributed by atoms with van der Waals surface area (Å²) in [5.41, 5.74) is 0.544. The molecule has 5 heteroatoms. The molecule has 1 aliphatic heterocycles. The molecule has 3 rings (SSSR count). The second-order valence-corrected chi connectivity index (χ2v) is 7.22. The maximum absolute atomic E-state index is 12.8. The summed E-state index contributed by atoms with van der Waals surface area (Å²) in [6.07, 6.45) is 7.06. The van der Waals surface area contributed by atoms with E-state index < -0.39 is 5.54 Å². The lowest BCUT2D eigenvalue weighted by Crippen LogP contribution is -2.55. The van der Waals surface area contributed by atoms with Gasteiger partial charge in [0.15, 0.2) is 5.96 Å². The van der Waals surface area contributed by atoms with Crippen molar-refractivity contribution in [1.29, 1.82) is 5.41 Å². The lowest BCUT2D eigenvalue weighted by Gasteiger charge is -2.33. The smallest absolute Gasteiger partial charge is 0.256 e. The van der Waals surface area contributed by atoms with Crippen LogP contribution in [0, 0.1) is 11.3 Å². The van der Waals surface area contributed by atoms with E-state index in [4.69, 9.17) is 5.41 Å². The van der Waals surface area contributed by atoms with Crippen LogP contribution in [0.1, 0.15) is 44.1 Å². The second kappa shape index (κ2) is 7.34. The quantitative estimate of drug-likeness (QED) is 0.751. The van der Waals surface area contributed by atoms with Crippen molar-refractivity contribution >= 4 is 11.9 Å². The van der Waals surface area contributed by atoms with Gasteiger partial charge in [0.2, 0.25) is 0 Å². The average molecular weight is 328 g/mol. The Hall–Kier alpha value is -1.88. The molecule has 1 unspecified atom stereocenters. The summed E-state index contributed by atoms with van der Waals surface area (Å²) in [6.45, 7) is 1.29. The van der Waals surface area contributed by atoms with Crippen LogP contribution >= 0.6 is 0 Å². The monoisotopic (exact) mass is 328 g/mol. The Labute approximate surface area is 144 Å². The van der Waals surface area contributed by atoms with E-state index in [1.807, 2.05) is 18.2 Å². The molecular formula is C19H28N4O. The van der Waals surface area contributed by atoms with Gasteiger partial charge in [-0.3, -0.25) is 15.1 Å². The van der Waals surface area contributed by atoms with Crippen molar-refractivity contribution in [3.05, 3.63) is 35.9 Å². The summed E-state index contributed by atoms with van der Waals surface area (Å²) < 4.78 is 0. The summed E-state index contributed by atoms with van der Waals surface area (Å²) in [5.74, 6) is 0.823. The van der Waals surface area contributed by atoms with E-state index in [0.717, 1.165) is 13.0 Å². The molecule has 0 aromatic heterocycles. The van der Waals surface area contributed by atoms with Crippen LogP contribution in [0.25, 0.3) is 0 Å². The molecule has 2 aliphatic rings. The number of nitrogens with zero attached hydrogens (tertiary/aromatic N) is 1. The first-order valence-electron chi connectivity index (χ1n) is 9.00. The minimum absolute atomic E-state index is 0.0265. The predicted octanol–water partition coefficient (Wildman–Crippen LogP) is 2.48. The van der Waals surface area contributed by atoms with Crippen LogP contribution in [-0.2, 0) is 11.3 Å². The molecule has 1 aromatic carbocycles. The van der Waals surface area contributed by atoms with Gasteiger partial charge in [-0.2, -0.15) is 0 Å². The van der Waals surface area contributed by atoms with E-state index in [2.05, 4.69) is 22.8 Å². The van der Waals surface area contributed by atoms with Gasteiger partial charge in [-0.25, -0.2) is 0 Å². The Kier molecular flexibility index (Phi) is 5.19. The standard InChI is InChI=1S/C19H28N4O/c1-23-17(24)19(22-18(23)20,12-15-8-4-2-5-9-15)14-21-13-16-10-6-3-7-11-16/h3,6-7,10-11,15,21H,2,4-5,8-9,12-14H2,1H3,(H2,20,22). The zero-order valence-corrected chi connectivity index (χ0v) is 14.5. The molecule has 130 valence electrons. The first-order valence-corrected chi connectivity index (χ1v) is 9.00. The lowest BCUT2D eigenvalue weighted by atomic mass is 9.79. The Balaban J connectivity index is 1.67. The second-order valence-electron chi connectivity index (χ2n) is 7.22. The van der Waals surface area contributed by atoms with Gasteiger partial charge in [0, 0.05) is 20.1 Å². The van der Waals surface area contributed by atoms with Gasteiger partial charge in [-0.15, -0.1) is 0 Å². The minimum atomic E-state index is -0.664. The zero-order chi connectivity index (χ0) is 17.0. The Bertz CT molecular complexity index is 582. The molecule has 1 saturated heterocycles. The molecule has 1 heterocycles. The number of amides is 1. The number of nitrogens with one attached hydrogen (secondary N) is 3. The van der Waals surface area contributed by atoms with E-state index in [-0.39, 0.29) is 11.9 Å². The molecule has 1 aromatic rings. The van der Waals surface area contributed by atoms with Crippen molar-refractivity contribution in [2.24, 2.45) is 5.92 Å². The van der Waals surface area contributed by atoms with Crippen molar-refractivity contribution in [1.82, 2.24) is 15.5 Å². The third kappa shape index (κ3) is 3.61. The number of hydrogen-bond acceptors (Lipinski definition) is 3. The van der Waals surface area contributed by atoms with Gasteiger partial charge >= 0.3 is 0 Å². The maximum atomic E-state index is 12.8. The number of rotatable bonds is 6. The van der Waals surface area contributed by atoms with Crippen LogP contribution in [0.4, 0.5) is 0 Å². The predicted molar refractivity (Wildman–Crippen MR) is 95.7 cm³/mol. The van der Waals surface area contributed by atoms with E-state index in [0.29, 0.717) is 12.5 Å². The number of carbonyl (C=O) groups excluding carboxylic acids is 1. The number of hydrogen-bond donors (Lipinski definition) is 3. The van der Waals surface area contributed by atoms with E-state index in [1.54, 1.807) is 7.05 Å². The number of likely N-dealkylation sites (N-methyl/N-ethyl adjacent to an activating group) is 1. The average Bonchev–Trinajstić information content (AvgIpc) is 2.81. The molecule has 5 nitrogen and oxygen atoms in total. The fourth-order valence-electron chi connectivity index (χ4n) is 4.02. The Morgan fingerprint density at radius 1 is 1.25 bits per heavy atom. The van der Waals surface area contributed by atoms with Crippen LogP contribution in [0.2, 0.25) is 0 Å². The van der Waals surface area contributed by atoms with Crippen molar-refractivity contribution in [2.45, 2.75) is 50.6 Å². The highest BCUT2D eigenvalue weighted by Crippen LogP contribution is 2.33. The van der Waals surface area contributed by atoms with E-state index in [1.165, 1.54) is 42.6 Å². The summed E-state index contributed by atoms with van der Waals surface area (Å²) in [4.78, 5) is 14.3. The molecule has 24 heavy (non-hydrogen) atoms. The molecule has 1 atom stereocenters. The topological polar surface area (TPSA) is 68.2 Å². The van der Waals surface area contributed by atoms with Crippen LogP contribution in [0.3, 0.4) is 0 Å². The number of benzene rings is 1.